The Kier molecular flexibility index (Phi) is 9.99. The van der Waals surface area contributed by atoms with Gasteiger partial charge in [-0.05, 0) is 89.0 Å². The monoisotopic (exact) mass is 927 g/mol. The van der Waals surface area contributed by atoms with Crippen molar-refractivity contribution in [3.63, 3.8) is 0 Å². The Morgan fingerprint density at radius 3 is 1.47 bits per heavy atom. The molecule has 11 heteroatoms. The first-order valence-corrected chi connectivity index (χ1v) is 22.4. The van der Waals surface area contributed by atoms with Crippen molar-refractivity contribution < 1.29 is 26.3 Å². The second-order valence-corrected chi connectivity index (χ2v) is 17.0. The molecule has 3 heterocycles. The van der Waals surface area contributed by atoms with Gasteiger partial charge in [-0.2, -0.15) is 26.3 Å². The van der Waals surface area contributed by atoms with Gasteiger partial charge >= 0.3 is 12.4 Å². The molecule has 0 unspecified atom stereocenters. The molecule has 0 atom stereocenters. The zero-order valence-electron chi connectivity index (χ0n) is 36.7. The smallest absolute Gasteiger partial charge is 0.309 e. The maximum atomic E-state index is 14.7. The predicted octanol–water partition coefficient (Wildman–Crippen LogP) is 16.4. The summed E-state index contributed by atoms with van der Waals surface area (Å²) in [6, 6.07) is 64.4. The van der Waals surface area contributed by atoms with E-state index in [0.29, 0.717) is 40.3 Å². The van der Waals surface area contributed by atoms with Crippen molar-refractivity contribution in [2.24, 2.45) is 0 Å². The van der Waals surface area contributed by atoms with Crippen LogP contribution in [0.25, 0.3) is 111 Å². The van der Waals surface area contributed by atoms with E-state index < -0.39 is 23.5 Å². The van der Waals surface area contributed by atoms with Gasteiger partial charge < -0.3 is 9.13 Å². The second kappa shape index (κ2) is 16.4. The van der Waals surface area contributed by atoms with Gasteiger partial charge in [-0.25, -0.2) is 15.0 Å². The zero-order chi connectivity index (χ0) is 47.7. The minimum atomic E-state index is -5.08. The van der Waals surface area contributed by atoms with Crippen LogP contribution in [0.2, 0.25) is 0 Å². The van der Waals surface area contributed by atoms with E-state index >= 15 is 0 Å². The summed E-state index contributed by atoms with van der Waals surface area (Å²) in [6.45, 7) is 0. The van der Waals surface area contributed by atoms with Gasteiger partial charge in [0.15, 0.2) is 17.5 Å². The molecule has 12 rings (SSSR count). The Labute approximate surface area is 396 Å². The van der Waals surface area contributed by atoms with Gasteiger partial charge in [0.1, 0.15) is 0 Å². The minimum Gasteiger partial charge on any atom is -0.309 e. The van der Waals surface area contributed by atoms with Crippen LogP contribution in [0.15, 0.2) is 212 Å². The van der Waals surface area contributed by atoms with E-state index in [1.54, 1.807) is 12.1 Å². The lowest BCUT2D eigenvalue weighted by Gasteiger charge is -2.18. The third kappa shape index (κ3) is 7.34. The van der Waals surface area contributed by atoms with Crippen LogP contribution >= 0.6 is 0 Å². The highest BCUT2D eigenvalue weighted by Gasteiger charge is 2.38. The highest BCUT2D eigenvalue weighted by Crippen LogP contribution is 2.44. The van der Waals surface area contributed by atoms with Crippen molar-refractivity contribution in [2.75, 3.05) is 0 Å². The Hall–Kier alpha value is -8.83. The van der Waals surface area contributed by atoms with E-state index in [-0.39, 0.29) is 17.2 Å². The number of aromatic nitrogens is 5. The van der Waals surface area contributed by atoms with Crippen LogP contribution in [-0.4, -0.2) is 24.1 Å². The summed E-state index contributed by atoms with van der Waals surface area (Å²) in [5.41, 5.74) is 5.85. The van der Waals surface area contributed by atoms with Crippen molar-refractivity contribution in [1.29, 1.82) is 0 Å². The van der Waals surface area contributed by atoms with Crippen LogP contribution in [0.5, 0.6) is 0 Å². The highest BCUT2D eigenvalue weighted by molar-refractivity contribution is 6.12. The summed E-state index contributed by atoms with van der Waals surface area (Å²) in [6.07, 6.45) is -10.0. The van der Waals surface area contributed by atoms with E-state index in [0.717, 1.165) is 72.1 Å². The number of fused-ring (bicyclic) bond motifs is 6. The van der Waals surface area contributed by atoms with Gasteiger partial charge in [0.05, 0.1) is 38.9 Å². The van der Waals surface area contributed by atoms with Crippen molar-refractivity contribution >= 4 is 43.6 Å². The summed E-state index contributed by atoms with van der Waals surface area (Å²) in [5, 5.41) is 3.67. The first-order chi connectivity index (χ1) is 34.0. The number of hydrogen-bond acceptors (Lipinski definition) is 3. The molecule has 0 saturated carbocycles. The fraction of sp³-hybridized carbons (Fsp3) is 0.0339. The molecule has 0 fully saturated rings. The average molecular weight is 928 g/mol. The molecule has 0 aliphatic heterocycles. The number of para-hydroxylation sites is 3. The highest BCUT2D eigenvalue weighted by atomic mass is 19.4. The fourth-order valence-corrected chi connectivity index (χ4v) is 9.63. The minimum absolute atomic E-state index is 0.0941. The van der Waals surface area contributed by atoms with Crippen LogP contribution in [0, 0.1) is 0 Å². The lowest BCUT2D eigenvalue weighted by Crippen LogP contribution is -2.12. The maximum absolute atomic E-state index is 14.7. The van der Waals surface area contributed by atoms with Crippen LogP contribution in [-0.2, 0) is 12.4 Å². The van der Waals surface area contributed by atoms with E-state index in [4.69, 9.17) is 15.0 Å². The van der Waals surface area contributed by atoms with Gasteiger partial charge in [0.2, 0.25) is 0 Å². The maximum Gasteiger partial charge on any atom is 0.417 e. The number of hydrogen-bond donors (Lipinski definition) is 0. The van der Waals surface area contributed by atoms with Crippen molar-refractivity contribution in [2.45, 2.75) is 12.4 Å². The average Bonchev–Trinajstić information content (AvgIpc) is 3.90. The molecule has 0 radical (unpaired) electrons. The molecule has 5 nitrogen and oxygen atoms in total. The molecule has 338 valence electrons. The molecule has 0 N–H and O–H groups in total. The van der Waals surface area contributed by atoms with Crippen LogP contribution in [0.4, 0.5) is 26.3 Å². The summed E-state index contributed by atoms with van der Waals surface area (Å²) in [4.78, 5) is 15.3. The number of halogens is 6. The van der Waals surface area contributed by atoms with Gasteiger partial charge in [-0.15, -0.1) is 0 Å². The third-order valence-corrected chi connectivity index (χ3v) is 12.8. The largest absolute Gasteiger partial charge is 0.417 e. The van der Waals surface area contributed by atoms with E-state index in [9.17, 15) is 26.3 Å². The number of benzene rings is 9. The molecule has 0 spiro atoms. The Morgan fingerprint density at radius 1 is 0.314 bits per heavy atom. The van der Waals surface area contributed by atoms with Gasteiger partial charge in [0.25, 0.3) is 0 Å². The second-order valence-electron chi connectivity index (χ2n) is 17.0. The Balaban J connectivity index is 1.13. The molecule has 0 bridgehead atoms. The standard InChI is InChI=1S/C59H35F6N5/c60-58(61,62)41-27-29-43(49(35-41)59(63,64)65)40-24-28-46-44-20-10-13-23-51(44)70(54(46)34-40)53-31-26-39(38-25-30-52-47(32-38)45-21-11-12-22-50(45)69(52)42-18-8-3-9-19-42)33-48(53)57-67-55(36-14-4-1-5-15-36)66-56(68-57)37-16-6-2-7-17-37/h1-35H. The molecular formula is C59H35F6N5. The number of nitrogens with zero attached hydrogens (tertiary/aromatic N) is 5. The van der Waals surface area contributed by atoms with Gasteiger partial charge in [0, 0.05) is 43.9 Å². The fourth-order valence-electron chi connectivity index (χ4n) is 9.63. The normalized spacial score (nSPS) is 12.1. The molecule has 9 aromatic carbocycles. The summed E-state index contributed by atoms with van der Waals surface area (Å²) < 4.78 is 89.8. The van der Waals surface area contributed by atoms with Crippen LogP contribution in [0.3, 0.4) is 0 Å². The van der Waals surface area contributed by atoms with Crippen LogP contribution in [0.1, 0.15) is 11.1 Å². The third-order valence-electron chi connectivity index (χ3n) is 12.8. The molecule has 0 aliphatic carbocycles. The molecule has 70 heavy (non-hydrogen) atoms. The SMILES string of the molecule is FC(F)(F)c1ccc(-c2ccc3c4ccccc4n(-c4ccc(-c5ccc6c(c5)c5ccccc5n6-c5ccccc5)cc4-c4nc(-c5ccccc5)nc(-c5ccccc5)n4)c3c2)c(C(F)(F)F)c1. The molecular weight excluding hydrogens is 893 g/mol. The van der Waals surface area contributed by atoms with Crippen molar-refractivity contribution in [1.82, 2.24) is 24.1 Å². The molecule has 3 aromatic heterocycles. The summed E-state index contributed by atoms with van der Waals surface area (Å²) in [7, 11) is 0. The van der Waals surface area contributed by atoms with Crippen molar-refractivity contribution in [3.8, 4) is 67.8 Å². The Morgan fingerprint density at radius 2 is 0.829 bits per heavy atom. The summed E-state index contributed by atoms with van der Waals surface area (Å²) in [5.74, 6) is 1.21. The predicted molar refractivity (Wildman–Crippen MR) is 266 cm³/mol. The number of alkyl halides is 6. The molecule has 0 aliphatic rings. The Bertz CT molecular complexity index is 3910. The number of rotatable bonds is 7. The van der Waals surface area contributed by atoms with E-state index in [1.165, 1.54) is 6.07 Å². The molecule has 12 aromatic rings. The first kappa shape index (κ1) is 42.5. The van der Waals surface area contributed by atoms with E-state index in [2.05, 4.69) is 47.0 Å². The lowest BCUT2D eigenvalue weighted by atomic mass is 9.96. The molecule has 0 amide bonds. The van der Waals surface area contributed by atoms with Crippen LogP contribution < -0.4 is 0 Å². The molecule has 0 saturated heterocycles. The topological polar surface area (TPSA) is 48.5 Å². The summed E-state index contributed by atoms with van der Waals surface area (Å²) >= 11 is 0. The van der Waals surface area contributed by atoms with E-state index in [1.807, 2.05) is 138 Å². The lowest BCUT2D eigenvalue weighted by molar-refractivity contribution is -0.142. The first-order valence-electron chi connectivity index (χ1n) is 22.4. The zero-order valence-corrected chi connectivity index (χ0v) is 36.7. The van der Waals surface area contributed by atoms with Gasteiger partial charge in [-0.3, -0.25) is 0 Å². The quantitative estimate of drug-likeness (QED) is 0.150. The van der Waals surface area contributed by atoms with Gasteiger partial charge in [-0.1, -0.05) is 146 Å². The van der Waals surface area contributed by atoms with Crippen molar-refractivity contribution in [3.05, 3.63) is 223 Å².